The Balaban J connectivity index is 1.19. The van der Waals surface area contributed by atoms with Crippen molar-refractivity contribution in [2.24, 2.45) is 11.0 Å². The van der Waals surface area contributed by atoms with Crippen molar-refractivity contribution in [1.82, 2.24) is 25.0 Å². The molecule has 0 radical (unpaired) electrons. The van der Waals surface area contributed by atoms with E-state index in [1.807, 2.05) is 7.05 Å². The Morgan fingerprint density at radius 2 is 1.95 bits per heavy atom. The number of rotatable bonds is 5. The highest BCUT2D eigenvalue weighted by atomic mass is 32.2. The van der Waals surface area contributed by atoms with Gasteiger partial charge in [0.1, 0.15) is 16.5 Å². The third kappa shape index (κ3) is 4.65. The van der Waals surface area contributed by atoms with Crippen LogP contribution in [-0.4, -0.2) is 78.1 Å². The predicted molar refractivity (Wildman–Crippen MR) is 145 cm³/mol. The molecule has 0 aromatic carbocycles. The number of hydrogen-bond acceptors (Lipinski definition) is 11. The number of hydrazone groups is 1. The van der Waals surface area contributed by atoms with Gasteiger partial charge in [0.25, 0.3) is 0 Å². The number of aromatic nitrogens is 2. The molecule has 0 amide bonds. The van der Waals surface area contributed by atoms with Gasteiger partial charge in [-0.2, -0.15) is 19.7 Å². The minimum Gasteiger partial charge on any atom is -0.341 e. The first-order valence-corrected chi connectivity index (χ1v) is 15.3. The minimum absolute atomic E-state index is 0.124. The van der Waals surface area contributed by atoms with Crippen LogP contribution < -0.4 is 21.0 Å². The van der Waals surface area contributed by atoms with Crippen molar-refractivity contribution in [3.8, 4) is 6.07 Å². The quantitative estimate of drug-likeness (QED) is 0.517. The summed E-state index contributed by atoms with van der Waals surface area (Å²) >= 11 is 1.66. The Hall–Kier alpha value is -2.53. The number of sulfonamides is 1. The molecule has 0 spiro atoms. The van der Waals surface area contributed by atoms with Crippen LogP contribution in [0.3, 0.4) is 0 Å². The largest absolute Gasteiger partial charge is 0.341 e. The van der Waals surface area contributed by atoms with Crippen LogP contribution in [0.25, 0.3) is 10.2 Å². The third-order valence-electron chi connectivity index (χ3n) is 8.04. The van der Waals surface area contributed by atoms with Crippen molar-refractivity contribution < 1.29 is 8.42 Å². The molecule has 0 saturated carbocycles. The maximum absolute atomic E-state index is 13.2. The number of nitrogens with zero attached hydrogens (tertiary/aromatic N) is 6. The number of hydrogen-bond donors (Lipinski definition) is 3. The van der Waals surface area contributed by atoms with Crippen LogP contribution in [0.2, 0.25) is 0 Å². The summed E-state index contributed by atoms with van der Waals surface area (Å²) in [6, 6.07) is 5.04. The summed E-state index contributed by atoms with van der Waals surface area (Å²) in [7, 11) is -1.32. The summed E-state index contributed by atoms with van der Waals surface area (Å²) in [4.78, 5) is 14.1. The second-order valence-electron chi connectivity index (χ2n) is 10.9. The molecule has 13 heteroatoms. The third-order valence-corrected chi connectivity index (χ3v) is 11.2. The van der Waals surface area contributed by atoms with Crippen LogP contribution >= 0.6 is 11.3 Å². The second-order valence-corrected chi connectivity index (χ2v) is 14.4. The van der Waals surface area contributed by atoms with Crippen molar-refractivity contribution >= 4 is 49.2 Å². The Kier molecular flexibility index (Phi) is 6.26. The van der Waals surface area contributed by atoms with Crippen LogP contribution in [0.1, 0.15) is 43.9 Å². The van der Waals surface area contributed by atoms with Gasteiger partial charge in [0, 0.05) is 55.6 Å². The smallest absolute Gasteiger partial charge is 0.228 e. The SMILES string of the molecule is Cc1cc2c(NC3=NNC(C)C3)nc(N(C)[C@@H]3C[C@H]4CC(S(=O)(=O)N5CC(C#N)C5)C[C@@H](C3)N4)nc2s1. The monoisotopic (exact) mass is 543 g/mol. The zero-order chi connectivity index (χ0) is 25.9. The molecule has 198 valence electrons. The highest BCUT2D eigenvalue weighted by Crippen LogP contribution is 2.36. The average Bonchev–Trinajstić information content (AvgIpc) is 3.41. The fraction of sp³-hybridized carbons (Fsp3) is 0.667. The zero-order valence-corrected chi connectivity index (χ0v) is 22.9. The topological polar surface area (TPSA) is 139 Å². The van der Waals surface area contributed by atoms with E-state index in [2.05, 4.69) is 52.0 Å². The van der Waals surface area contributed by atoms with Crippen LogP contribution in [0.5, 0.6) is 0 Å². The van der Waals surface area contributed by atoms with E-state index in [-0.39, 0.29) is 29.3 Å². The van der Waals surface area contributed by atoms with E-state index in [1.165, 1.54) is 9.18 Å². The predicted octanol–water partition coefficient (Wildman–Crippen LogP) is 1.98. The first-order valence-electron chi connectivity index (χ1n) is 12.9. The Bertz CT molecular complexity index is 1360. The van der Waals surface area contributed by atoms with Crippen LogP contribution in [0.15, 0.2) is 11.2 Å². The summed E-state index contributed by atoms with van der Waals surface area (Å²) < 4.78 is 27.8. The molecule has 3 N–H and O–H groups in total. The summed E-state index contributed by atoms with van der Waals surface area (Å²) in [6.45, 7) is 4.85. The molecule has 3 saturated heterocycles. The first kappa shape index (κ1) is 24.8. The number of nitrogens with one attached hydrogen (secondary N) is 3. The number of amidine groups is 1. The number of aryl methyl sites for hydroxylation is 1. The van der Waals surface area contributed by atoms with Gasteiger partial charge in [-0.25, -0.2) is 13.4 Å². The number of anilines is 2. The Morgan fingerprint density at radius 1 is 1.22 bits per heavy atom. The Labute approximate surface area is 221 Å². The number of thiophene rings is 1. The molecule has 6 heterocycles. The molecular formula is C24H33N9O2S2. The van der Waals surface area contributed by atoms with Crippen molar-refractivity contribution in [3.05, 3.63) is 10.9 Å². The summed E-state index contributed by atoms with van der Waals surface area (Å²) in [6.07, 6.45) is 3.68. The van der Waals surface area contributed by atoms with E-state index in [9.17, 15) is 8.42 Å². The average molecular weight is 544 g/mol. The van der Waals surface area contributed by atoms with Gasteiger partial charge in [-0.05, 0) is 45.6 Å². The van der Waals surface area contributed by atoms with Crippen LogP contribution in [0.4, 0.5) is 11.8 Å². The second kappa shape index (κ2) is 9.34. The maximum Gasteiger partial charge on any atom is 0.228 e. The van der Waals surface area contributed by atoms with E-state index >= 15 is 0 Å². The van der Waals surface area contributed by atoms with Gasteiger partial charge in [0.2, 0.25) is 16.0 Å². The highest BCUT2D eigenvalue weighted by molar-refractivity contribution is 7.89. The molecule has 37 heavy (non-hydrogen) atoms. The molecule has 6 rings (SSSR count). The molecule has 11 nitrogen and oxygen atoms in total. The fourth-order valence-electron chi connectivity index (χ4n) is 6.01. The van der Waals surface area contributed by atoms with Gasteiger partial charge >= 0.3 is 0 Å². The van der Waals surface area contributed by atoms with E-state index in [0.29, 0.717) is 37.9 Å². The fourth-order valence-corrected chi connectivity index (χ4v) is 9.03. The molecule has 2 aromatic rings. The molecule has 4 aliphatic rings. The van der Waals surface area contributed by atoms with Crippen molar-refractivity contribution in [2.75, 3.05) is 30.4 Å². The lowest BCUT2D eigenvalue weighted by Crippen LogP contribution is -2.61. The molecule has 5 atom stereocenters. The lowest BCUT2D eigenvalue weighted by atomic mass is 9.83. The molecule has 3 fully saturated rings. The Morgan fingerprint density at radius 3 is 2.59 bits per heavy atom. The number of fused-ring (bicyclic) bond motifs is 3. The van der Waals surface area contributed by atoms with E-state index in [1.54, 1.807) is 11.3 Å². The lowest BCUT2D eigenvalue weighted by molar-refractivity contribution is 0.204. The van der Waals surface area contributed by atoms with Gasteiger partial charge in [0.15, 0.2) is 0 Å². The van der Waals surface area contributed by atoms with Crippen molar-refractivity contribution in [1.29, 1.82) is 5.26 Å². The van der Waals surface area contributed by atoms with Gasteiger partial charge in [0.05, 0.1) is 22.6 Å². The molecule has 2 aromatic heterocycles. The van der Waals surface area contributed by atoms with Gasteiger partial charge in [-0.1, -0.05) is 0 Å². The number of piperidine rings is 2. The molecule has 0 aliphatic carbocycles. The van der Waals surface area contributed by atoms with E-state index < -0.39 is 10.0 Å². The first-order chi connectivity index (χ1) is 17.7. The standard InChI is InChI=1S/C24H33N9O2S2/c1-13-4-21(31-30-13)27-22-20-5-14(2)36-23(20)29-24(28-22)32(3)18-6-16-8-19(9-17(7-18)26-16)37(34,35)33-11-15(10-25)12-33/h5,13,15-19,26,30H,4,6-9,11-12H2,1-3H3,(H,27,28,29,31)/t13?,16-,17+,18+,19?. The van der Waals surface area contributed by atoms with E-state index in [4.69, 9.17) is 15.2 Å². The normalized spacial score (nSPS) is 30.3. The van der Waals surface area contributed by atoms with E-state index in [0.717, 1.165) is 41.1 Å². The van der Waals surface area contributed by atoms with Crippen LogP contribution in [-0.2, 0) is 10.0 Å². The summed E-state index contributed by atoms with van der Waals surface area (Å²) in [5, 5.41) is 21.1. The van der Waals surface area contributed by atoms with Crippen molar-refractivity contribution in [2.45, 2.75) is 75.4 Å². The number of nitriles is 1. The molecular weight excluding hydrogens is 510 g/mol. The van der Waals surface area contributed by atoms with Crippen LogP contribution in [0, 0.1) is 24.2 Å². The summed E-state index contributed by atoms with van der Waals surface area (Å²) in [5.74, 6) is 2.15. The van der Waals surface area contributed by atoms with Gasteiger partial charge in [-0.15, -0.1) is 11.3 Å². The summed E-state index contributed by atoms with van der Waals surface area (Å²) in [5.41, 5.74) is 3.10. The zero-order valence-electron chi connectivity index (χ0n) is 21.3. The molecule has 2 bridgehead atoms. The van der Waals surface area contributed by atoms with Gasteiger partial charge in [-0.3, -0.25) is 0 Å². The highest BCUT2D eigenvalue weighted by Gasteiger charge is 2.46. The molecule has 4 aliphatic heterocycles. The van der Waals surface area contributed by atoms with Gasteiger partial charge < -0.3 is 21.0 Å². The molecule has 2 unspecified atom stereocenters. The lowest BCUT2D eigenvalue weighted by Gasteiger charge is -2.47. The minimum atomic E-state index is -3.36. The van der Waals surface area contributed by atoms with Crippen molar-refractivity contribution in [3.63, 3.8) is 0 Å². The maximum atomic E-state index is 13.2.